The number of nitrogens with one attached hydrogen (secondary N) is 3. The molecule has 1 aromatic carbocycles. The Kier molecular flexibility index (Phi) is 7.73. The maximum Gasteiger partial charge on any atom is 0.393 e. The van der Waals surface area contributed by atoms with Gasteiger partial charge in [-0.05, 0) is 48.6 Å². The number of benzene rings is 1. The van der Waals surface area contributed by atoms with Gasteiger partial charge in [0.25, 0.3) is 0 Å². The van der Waals surface area contributed by atoms with Crippen LogP contribution in [0, 0.1) is 11.3 Å². The monoisotopic (exact) mass is 459 g/mol. The van der Waals surface area contributed by atoms with Gasteiger partial charge in [-0.15, -0.1) is 0 Å². The van der Waals surface area contributed by atoms with E-state index in [1.807, 2.05) is 6.07 Å². The first-order valence-corrected chi connectivity index (χ1v) is 10.8. The van der Waals surface area contributed by atoms with Crippen LogP contribution in [0.4, 0.5) is 30.4 Å². The lowest BCUT2D eigenvalue weighted by molar-refractivity contribution is -0.127. The minimum absolute atomic E-state index is 0.00695. The maximum absolute atomic E-state index is 12.6. The van der Waals surface area contributed by atoms with E-state index in [2.05, 4.69) is 34.0 Å². The molecule has 0 bridgehead atoms. The van der Waals surface area contributed by atoms with Gasteiger partial charge >= 0.3 is 6.18 Å². The molecule has 176 valence electrons. The van der Waals surface area contributed by atoms with E-state index in [9.17, 15) is 18.0 Å². The fourth-order valence-corrected chi connectivity index (χ4v) is 3.77. The molecule has 0 atom stereocenters. The van der Waals surface area contributed by atoms with Crippen molar-refractivity contribution in [2.75, 3.05) is 29.9 Å². The molecule has 1 amide bonds. The zero-order chi connectivity index (χ0) is 24.0. The Balaban J connectivity index is 1.89. The summed E-state index contributed by atoms with van der Waals surface area (Å²) in [5, 5.41) is 14.4. The van der Waals surface area contributed by atoms with Crippen molar-refractivity contribution in [2.24, 2.45) is 5.92 Å². The number of carbonyl (C=O) groups is 1. The number of halogens is 3. The molecule has 0 spiro atoms. The van der Waals surface area contributed by atoms with Gasteiger partial charge in [0.15, 0.2) is 0 Å². The van der Waals surface area contributed by atoms with Crippen LogP contribution >= 0.6 is 0 Å². The SMILES string of the molecule is C=CC(=O)NCC(=N)c1c(N2CCC(C)CC2)ccnc1Nc1ccc(CC(F)(F)F)cc1. The van der Waals surface area contributed by atoms with E-state index in [0.29, 0.717) is 23.0 Å². The number of aromatic nitrogens is 1. The molecule has 0 unspecified atom stereocenters. The minimum atomic E-state index is -4.27. The van der Waals surface area contributed by atoms with Crippen molar-refractivity contribution in [3.63, 3.8) is 0 Å². The van der Waals surface area contributed by atoms with Crippen molar-refractivity contribution in [1.82, 2.24) is 10.3 Å². The summed E-state index contributed by atoms with van der Waals surface area (Å²) >= 11 is 0. The number of hydrogen-bond donors (Lipinski definition) is 3. The Morgan fingerprint density at radius 2 is 1.91 bits per heavy atom. The van der Waals surface area contributed by atoms with Crippen LogP contribution in [-0.4, -0.2) is 42.4 Å². The molecule has 2 aromatic rings. The van der Waals surface area contributed by atoms with Crippen LogP contribution < -0.4 is 15.5 Å². The largest absolute Gasteiger partial charge is 0.393 e. The lowest BCUT2D eigenvalue weighted by Crippen LogP contribution is -2.35. The first-order valence-electron chi connectivity index (χ1n) is 10.8. The van der Waals surface area contributed by atoms with E-state index in [4.69, 9.17) is 5.41 Å². The number of piperidine rings is 1. The second kappa shape index (κ2) is 10.5. The second-order valence-corrected chi connectivity index (χ2v) is 8.24. The molecule has 1 aliphatic rings. The lowest BCUT2D eigenvalue weighted by atomic mass is 9.97. The van der Waals surface area contributed by atoms with Gasteiger partial charge in [0.05, 0.1) is 29.9 Å². The number of alkyl halides is 3. The molecule has 1 aliphatic heterocycles. The number of amides is 1. The summed E-state index contributed by atoms with van der Waals surface area (Å²) in [4.78, 5) is 18.2. The molecule has 33 heavy (non-hydrogen) atoms. The molecule has 0 saturated carbocycles. The molecule has 2 heterocycles. The van der Waals surface area contributed by atoms with Gasteiger partial charge in [-0.25, -0.2) is 4.98 Å². The van der Waals surface area contributed by atoms with Crippen LogP contribution in [-0.2, 0) is 11.2 Å². The van der Waals surface area contributed by atoms with E-state index in [0.717, 1.165) is 37.7 Å². The molecule has 0 radical (unpaired) electrons. The van der Waals surface area contributed by atoms with Crippen LogP contribution in [0.2, 0.25) is 0 Å². The Labute approximate surface area is 191 Å². The number of carbonyl (C=O) groups excluding carboxylic acids is 1. The third kappa shape index (κ3) is 6.81. The summed E-state index contributed by atoms with van der Waals surface area (Å²) in [7, 11) is 0. The summed E-state index contributed by atoms with van der Waals surface area (Å²) in [6.45, 7) is 7.32. The van der Waals surface area contributed by atoms with E-state index in [1.165, 1.54) is 12.1 Å². The van der Waals surface area contributed by atoms with Crippen molar-refractivity contribution in [1.29, 1.82) is 5.41 Å². The predicted octanol–water partition coefficient (Wildman–Crippen LogP) is 4.84. The molecule has 9 heteroatoms. The van der Waals surface area contributed by atoms with Gasteiger partial charge in [0, 0.05) is 25.0 Å². The summed E-state index contributed by atoms with van der Waals surface area (Å²) < 4.78 is 37.9. The van der Waals surface area contributed by atoms with Crippen LogP contribution in [0.15, 0.2) is 49.2 Å². The third-order valence-electron chi connectivity index (χ3n) is 5.60. The standard InChI is InChI=1S/C24H28F3N5O/c1-3-21(33)30-15-19(28)22-20(32-12-9-16(2)10-13-32)8-11-29-23(22)31-18-6-4-17(5-7-18)14-24(25,26)27/h3-8,11,16,28H,1,9-10,12-15H2,2H3,(H,29,31)(H,30,33). The molecule has 3 N–H and O–H groups in total. The number of hydrogen-bond acceptors (Lipinski definition) is 5. The van der Waals surface area contributed by atoms with Crippen LogP contribution in [0.25, 0.3) is 0 Å². The Morgan fingerprint density at radius 3 is 2.52 bits per heavy atom. The van der Waals surface area contributed by atoms with Crippen molar-refractivity contribution < 1.29 is 18.0 Å². The van der Waals surface area contributed by atoms with Gasteiger partial charge in [-0.2, -0.15) is 13.2 Å². The molecule has 0 aliphatic carbocycles. The van der Waals surface area contributed by atoms with Gasteiger partial charge < -0.3 is 20.9 Å². The fraction of sp³-hybridized carbons (Fsp3) is 0.375. The third-order valence-corrected chi connectivity index (χ3v) is 5.60. The molecule has 1 fully saturated rings. The quantitative estimate of drug-likeness (QED) is 0.390. The highest BCUT2D eigenvalue weighted by Gasteiger charge is 2.27. The Morgan fingerprint density at radius 1 is 1.24 bits per heavy atom. The second-order valence-electron chi connectivity index (χ2n) is 8.24. The first-order chi connectivity index (χ1) is 15.7. The summed E-state index contributed by atoms with van der Waals surface area (Å²) in [5.74, 6) is 0.657. The Hall–Kier alpha value is -3.36. The van der Waals surface area contributed by atoms with E-state index >= 15 is 0 Å². The summed E-state index contributed by atoms with van der Waals surface area (Å²) in [6, 6.07) is 7.81. The number of rotatable bonds is 8. The molecular formula is C24H28F3N5O. The van der Waals surface area contributed by atoms with Crippen molar-refractivity contribution in [3.05, 3.63) is 60.3 Å². The van der Waals surface area contributed by atoms with Crippen molar-refractivity contribution >= 4 is 28.8 Å². The zero-order valence-corrected chi connectivity index (χ0v) is 18.5. The number of pyridine rings is 1. The van der Waals surface area contributed by atoms with E-state index in [1.54, 1.807) is 18.3 Å². The highest BCUT2D eigenvalue weighted by molar-refractivity contribution is 6.10. The molecule has 1 saturated heterocycles. The lowest BCUT2D eigenvalue weighted by Gasteiger charge is -2.34. The van der Waals surface area contributed by atoms with Crippen LogP contribution in [0.3, 0.4) is 0 Å². The Bertz CT molecular complexity index is 996. The van der Waals surface area contributed by atoms with Crippen LogP contribution in [0.1, 0.15) is 30.9 Å². The average Bonchev–Trinajstić information content (AvgIpc) is 2.78. The van der Waals surface area contributed by atoms with Gasteiger partial charge in [-0.3, -0.25) is 4.79 Å². The smallest absolute Gasteiger partial charge is 0.371 e. The topological polar surface area (TPSA) is 81.1 Å². The van der Waals surface area contributed by atoms with Gasteiger partial charge in [-0.1, -0.05) is 25.6 Å². The highest BCUT2D eigenvalue weighted by atomic mass is 19.4. The molecular weight excluding hydrogens is 431 g/mol. The first kappa shape index (κ1) is 24.3. The van der Waals surface area contributed by atoms with E-state index < -0.39 is 12.6 Å². The van der Waals surface area contributed by atoms with Gasteiger partial charge in [0.2, 0.25) is 5.91 Å². The molecule has 1 aromatic heterocycles. The molecule has 6 nitrogen and oxygen atoms in total. The van der Waals surface area contributed by atoms with E-state index in [-0.39, 0.29) is 23.7 Å². The van der Waals surface area contributed by atoms with Crippen LogP contribution in [0.5, 0.6) is 0 Å². The highest BCUT2D eigenvalue weighted by Crippen LogP contribution is 2.32. The minimum Gasteiger partial charge on any atom is -0.371 e. The average molecular weight is 460 g/mol. The van der Waals surface area contributed by atoms with Gasteiger partial charge in [0.1, 0.15) is 5.82 Å². The van der Waals surface area contributed by atoms with Crippen molar-refractivity contribution in [3.8, 4) is 0 Å². The van der Waals surface area contributed by atoms with Crippen molar-refractivity contribution in [2.45, 2.75) is 32.4 Å². The zero-order valence-electron chi connectivity index (χ0n) is 18.5. The molecule has 3 rings (SSSR count). The predicted molar refractivity (Wildman–Crippen MR) is 124 cm³/mol. The summed E-state index contributed by atoms with van der Waals surface area (Å²) in [5.41, 5.74) is 2.28. The normalized spacial score (nSPS) is 14.6. The maximum atomic E-state index is 12.6. The number of nitrogens with zero attached hydrogens (tertiary/aromatic N) is 2. The number of anilines is 3. The fourth-order valence-electron chi connectivity index (χ4n) is 3.77. The summed E-state index contributed by atoms with van der Waals surface area (Å²) in [6.07, 6.45) is -0.405.